The summed E-state index contributed by atoms with van der Waals surface area (Å²) in [5, 5.41) is 0. The van der Waals surface area contributed by atoms with Gasteiger partial charge in [0.15, 0.2) is 8.24 Å². The number of para-hydroxylation sites is 1. The molecule has 0 aliphatic carbocycles. The van der Waals surface area contributed by atoms with Crippen molar-refractivity contribution in [2.45, 2.75) is 45.8 Å². The summed E-state index contributed by atoms with van der Waals surface area (Å²) in [7, 11) is 0.148. The van der Waals surface area contributed by atoms with E-state index in [-0.39, 0.29) is 6.09 Å². The van der Waals surface area contributed by atoms with Crippen molar-refractivity contribution in [1.82, 2.24) is 4.57 Å². The molecule has 19 heavy (non-hydrogen) atoms. The van der Waals surface area contributed by atoms with Crippen LogP contribution in [-0.2, 0) is 0 Å². The molecular formula is C15H25NO2Si. The summed E-state index contributed by atoms with van der Waals surface area (Å²) in [5.41, 5.74) is 1.10. The van der Waals surface area contributed by atoms with E-state index in [0.717, 1.165) is 12.0 Å². The molecule has 1 aromatic rings. The molecule has 0 N–H and O–H groups in total. The molecule has 106 valence electrons. The van der Waals surface area contributed by atoms with E-state index in [2.05, 4.69) is 33.5 Å². The van der Waals surface area contributed by atoms with Crippen LogP contribution in [0.15, 0.2) is 24.3 Å². The number of benzene rings is 1. The lowest BCUT2D eigenvalue weighted by molar-refractivity contribution is 0.182. The second-order valence-corrected chi connectivity index (χ2v) is 11.0. The first-order valence-electron chi connectivity index (χ1n) is 6.82. The van der Waals surface area contributed by atoms with E-state index in [1.807, 2.05) is 31.3 Å². The monoisotopic (exact) mass is 279 g/mol. The van der Waals surface area contributed by atoms with Crippen molar-refractivity contribution in [2.75, 3.05) is 7.05 Å². The van der Waals surface area contributed by atoms with E-state index in [9.17, 15) is 4.79 Å². The van der Waals surface area contributed by atoms with Crippen molar-refractivity contribution in [2.24, 2.45) is 0 Å². The summed E-state index contributed by atoms with van der Waals surface area (Å²) in [6, 6.07) is 7.80. The Hall–Kier alpha value is -1.29. The smallest absolute Gasteiger partial charge is 0.406 e. The molecule has 3 nitrogen and oxygen atoms in total. The third-order valence-electron chi connectivity index (χ3n) is 3.54. The van der Waals surface area contributed by atoms with Crippen molar-refractivity contribution < 1.29 is 9.53 Å². The minimum Gasteiger partial charge on any atom is -0.410 e. The van der Waals surface area contributed by atoms with Gasteiger partial charge in [0.2, 0.25) is 0 Å². The van der Waals surface area contributed by atoms with E-state index in [1.54, 1.807) is 4.57 Å². The van der Waals surface area contributed by atoms with E-state index in [1.165, 1.54) is 0 Å². The maximum atomic E-state index is 12.2. The zero-order chi connectivity index (χ0) is 14.6. The lowest BCUT2D eigenvalue weighted by Crippen LogP contribution is -2.48. The molecule has 0 spiro atoms. The molecule has 4 heteroatoms. The highest BCUT2D eigenvalue weighted by atomic mass is 28.3. The van der Waals surface area contributed by atoms with Gasteiger partial charge >= 0.3 is 6.09 Å². The minimum atomic E-state index is -1.67. The molecule has 0 saturated carbocycles. The highest BCUT2D eigenvalue weighted by molar-refractivity contribution is 6.75. The van der Waals surface area contributed by atoms with Gasteiger partial charge in [0.25, 0.3) is 0 Å². The average Bonchev–Trinajstić information content (AvgIpc) is 2.36. The minimum absolute atomic E-state index is 0.255. The van der Waals surface area contributed by atoms with Gasteiger partial charge in [0.05, 0.1) is 0 Å². The zero-order valence-electron chi connectivity index (χ0n) is 12.9. The second-order valence-electron chi connectivity index (χ2n) is 5.94. The summed E-state index contributed by atoms with van der Waals surface area (Å²) in [5.74, 6) is 1.08. The first-order chi connectivity index (χ1) is 8.77. The first kappa shape index (κ1) is 15.8. The van der Waals surface area contributed by atoms with Crippen LogP contribution in [0.5, 0.6) is 5.75 Å². The molecule has 0 heterocycles. The molecule has 1 unspecified atom stereocenters. The number of hydrogen-bond acceptors (Lipinski definition) is 2. The van der Waals surface area contributed by atoms with E-state index in [4.69, 9.17) is 4.74 Å². The number of ether oxygens (including phenoxy) is 1. The molecule has 0 saturated heterocycles. The molecule has 1 rings (SSSR count). The standard InChI is InChI=1S/C15H25NO2Si/c1-7-12(2)13-10-8-9-11-14(13)18-15(17)16(3)19(4,5)6/h8-12H,7H2,1-6H3. The largest absolute Gasteiger partial charge is 0.410 e. The van der Waals surface area contributed by atoms with Crippen LogP contribution in [0.3, 0.4) is 0 Å². The molecule has 0 aromatic heterocycles. The Balaban J connectivity index is 2.91. The zero-order valence-corrected chi connectivity index (χ0v) is 13.9. The van der Waals surface area contributed by atoms with Crippen LogP contribution in [0.4, 0.5) is 4.79 Å². The fourth-order valence-electron chi connectivity index (χ4n) is 1.64. The van der Waals surface area contributed by atoms with Crippen LogP contribution in [0.1, 0.15) is 31.7 Å². The number of nitrogens with zero attached hydrogens (tertiary/aromatic N) is 1. The van der Waals surface area contributed by atoms with E-state index in [0.29, 0.717) is 11.7 Å². The highest BCUT2D eigenvalue weighted by Crippen LogP contribution is 2.29. The summed E-state index contributed by atoms with van der Waals surface area (Å²) in [4.78, 5) is 12.2. The van der Waals surface area contributed by atoms with Gasteiger partial charge in [-0.15, -0.1) is 0 Å². The second kappa shape index (κ2) is 6.24. The SMILES string of the molecule is CCC(C)c1ccccc1OC(=O)N(C)[Si](C)(C)C. The Morgan fingerprint density at radius 1 is 1.32 bits per heavy atom. The third kappa shape index (κ3) is 4.09. The summed E-state index contributed by atoms with van der Waals surface area (Å²) in [6.07, 6.45) is 0.772. The predicted molar refractivity (Wildman–Crippen MR) is 82.3 cm³/mol. The topological polar surface area (TPSA) is 29.5 Å². The van der Waals surface area contributed by atoms with Gasteiger partial charge in [0.1, 0.15) is 5.75 Å². The van der Waals surface area contributed by atoms with Crippen molar-refractivity contribution in [3.63, 3.8) is 0 Å². The van der Waals surface area contributed by atoms with E-state index >= 15 is 0 Å². The van der Waals surface area contributed by atoms with Gasteiger partial charge < -0.3 is 9.30 Å². The van der Waals surface area contributed by atoms with Crippen molar-refractivity contribution in [3.8, 4) is 5.75 Å². The number of carbonyl (C=O) groups is 1. The number of hydrogen-bond donors (Lipinski definition) is 0. The Labute approximate surface area is 117 Å². The molecule has 1 aromatic carbocycles. The number of carbonyl (C=O) groups excluding carboxylic acids is 1. The number of amides is 1. The Bertz CT molecular complexity index is 440. The Kier molecular flexibility index (Phi) is 5.17. The summed E-state index contributed by atoms with van der Waals surface area (Å²) < 4.78 is 7.33. The van der Waals surface area contributed by atoms with Crippen LogP contribution in [-0.4, -0.2) is 25.9 Å². The third-order valence-corrected chi connectivity index (χ3v) is 5.73. The van der Waals surface area contributed by atoms with Crippen LogP contribution in [0.25, 0.3) is 0 Å². The van der Waals surface area contributed by atoms with Gasteiger partial charge in [-0.2, -0.15) is 0 Å². The molecule has 1 atom stereocenters. The van der Waals surface area contributed by atoms with Crippen molar-refractivity contribution >= 4 is 14.3 Å². The quantitative estimate of drug-likeness (QED) is 0.761. The van der Waals surface area contributed by atoms with Crippen LogP contribution >= 0.6 is 0 Å². The molecular weight excluding hydrogens is 254 g/mol. The maximum absolute atomic E-state index is 12.2. The Morgan fingerprint density at radius 3 is 2.42 bits per heavy atom. The van der Waals surface area contributed by atoms with Gasteiger partial charge in [-0.1, -0.05) is 51.7 Å². The van der Waals surface area contributed by atoms with Crippen LogP contribution < -0.4 is 4.74 Å². The highest BCUT2D eigenvalue weighted by Gasteiger charge is 2.27. The summed E-state index contributed by atoms with van der Waals surface area (Å²) in [6.45, 7) is 10.6. The maximum Gasteiger partial charge on any atom is 0.406 e. The molecule has 0 bridgehead atoms. The van der Waals surface area contributed by atoms with Crippen LogP contribution in [0, 0.1) is 0 Å². The molecule has 0 radical (unpaired) electrons. The molecule has 1 amide bonds. The lowest BCUT2D eigenvalue weighted by Gasteiger charge is -2.29. The first-order valence-corrected chi connectivity index (χ1v) is 10.3. The molecule has 0 aliphatic heterocycles. The lowest BCUT2D eigenvalue weighted by atomic mass is 9.98. The normalized spacial score (nSPS) is 12.9. The van der Waals surface area contributed by atoms with Crippen molar-refractivity contribution in [3.05, 3.63) is 29.8 Å². The fraction of sp³-hybridized carbons (Fsp3) is 0.533. The van der Waals surface area contributed by atoms with Gasteiger partial charge in [0, 0.05) is 7.05 Å². The number of rotatable bonds is 4. The Morgan fingerprint density at radius 2 is 1.89 bits per heavy atom. The van der Waals surface area contributed by atoms with Crippen LogP contribution in [0.2, 0.25) is 19.6 Å². The fourth-order valence-corrected chi connectivity index (χ4v) is 2.23. The van der Waals surface area contributed by atoms with Gasteiger partial charge in [-0.3, -0.25) is 0 Å². The van der Waals surface area contributed by atoms with E-state index < -0.39 is 8.24 Å². The summed E-state index contributed by atoms with van der Waals surface area (Å²) >= 11 is 0. The predicted octanol–water partition coefficient (Wildman–Crippen LogP) is 4.47. The van der Waals surface area contributed by atoms with Crippen molar-refractivity contribution in [1.29, 1.82) is 0 Å². The average molecular weight is 279 g/mol. The molecule has 0 aliphatic rings. The molecule has 0 fully saturated rings. The van der Waals surface area contributed by atoms with Gasteiger partial charge in [-0.25, -0.2) is 4.79 Å². The van der Waals surface area contributed by atoms with Gasteiger partial charge in [-0.05, 0) is 24.0 Å².